The third-order valence-electron chi connectivity index (χ3n) is 8.70. The summed E-state index contributed by atoms with van der Waals surface area (Å²) in [7, 11) is 0. The van der Waals surface area contributed by atoms with Gasteiger partial charge in [0.15, 0.2) is 0 Å². The maximum Gasteiger partial charge on any atom is 0.309 e. The third-order valence-corrected chi connectivity index (χ3v) is 8.70. The van der Waals surface area contributed by atoms with Crippen molar-refractivity contribution in [3.8, 4) is 0 Å². The minimum Gasteiger partial charge on any atom is -0.481 e. The topological polar surface area (TPSA) is 57.5 Å². The molecule has 4 saturated carbocycles. The van der Waals surface area contributed by atoms with Crippen molar-refractivity contribution < 1.29 is 15.0 Å². The van der Waals surface area contributed by atoms with Crippen molar-refractivity contribution in [3.63, 3.8) is 0 Å². The number of fused-ring (bicyclic) bond motifs is 3. The number of hydrogen-bond acceptors (Lipinski definition) is 2. The van der Waals surface area contributed by atoms with Crippen LogP contribution in [0.3, 0.4) is 0 Å². The van der Waals surface area contributed by atoms with Crippen LogP contribution in [-0.4, -0.2) is 22.3 Å². The fraction of sp³-hybridized carbons (Fsp3) is 0.850. The summed E-state index contributed by atoms with van der Waals surface area (Å²) in [6.07, 6.45) is 7.64. The van der Waals surface area contributed by atoms with Crippen LogP contribution < -0.4 is 0 Å². The van der Waals surface area contributed by atoms with Crippen LogP contribution in [0.2, 0.25) is 0 Å². The van der Waals surface area contributed by atoms with Gasteiger partial charge in [0.1, 0.15) is 0 Å². The van der Waals surface area contributed by atoms with Crippen LogP contribution in [0.25, 0.3) is 0 Å². The first-order valence-electron chi connectivity index (χ1n) is 9.33. The molecule has 0 aromatic rings. The van der Waals surface area contributed by atoms with Crippen molar-refractivity contribution in [2.45, 2.75) is 71.3 Å². The standard InChI is InChI=1S/C20H30O3/c1-12-10-20-9-6-14-18(2,17(22)23)8-7-16(21)19(14,3)15(20)5-4-13(12)11-20/h13-16,21H,1,4-11H2,2-3H3,(H,22,23)/t13-,14-,15+,16-,18-,19-,20-/m1/s1. The molecule has 0 heterocycles. The molecule has 0 aromatic heterocycles. The number of aliphatic hydroxyl groups excluding tert-OH is 1. The van der Waals surface area contributed by atoms with E-state index < -0.39 is 11.4 Å². The summed E-state index contributed by atoms with van der Waals surface area (Å²) in [6.45, 7) is 8.48. The molecule has 1 spiro atoms. The van der Waals surface area contributed by atoms with Gasteiger partial charge in [0.25, 0.3) is 0 Å². The molecule has 0 radical (unpaired) electrons. The Bertz CT molecular complexity index is 569. The molecule has 23 heavy (non-hydrogen) atoms. The molecule has 0 unspecified atom stereocenters. The smallest absolute Gasteiger partial charge is 0.309 e. The minimum absolute atomic E-state index is 0.0947. The normalized spacial score (nSPS) is 55.2. The maximum absolute atomic E-state index is 12.1. The molecule has 128 valence electrons. The van der Waals surface area contributed by atoms with Crippen molar-refractivity contribution >= 4 is 5.97 Å². The minimum atomic E-state index is -0.679. The van der Waals surface area contributed by atoms with Gasteiger partial charge in [-0.25, -0.2) is 0 Å². The summed E-state index contributed by atoms with van der Waals surface area (Å²) in [5.41, 5.74) is 0.783. The number of allylic oxidation sites excluding steroid dienone is 1. The van der Waals surface area contributed by atoms with Gasteiger partial charge in [0, 0.05) is 5.41 Å². The second kappa shape index (κ2) is 4.62. The number of rotatable bonds is 1. The van der Waals surface area contributed by atoms with Crippen LogP contribution in [0, 0.1) is 34.0 Å². The first kappa shape index (κ1) is 15.7. The van der Waals surface area contributed by atoms with Gasteiger partial charge in [0.2, 0.25) is 0 Å². The lowest BCUT2D eigenvalue weighted by molar-refractivity contribution is -0.211. The number of carboxylic acid groups (broad SMARTS) is 1. The zero-order chi connectivity index (χ0) is 16.6. The van der Waals surface area contributed by atoms with Gasteiger partial charge < -0.3 is 10.2 Å². The Labute approximate surface area is 139 Å². The Balaban J connectivity index is 1.79. The highest BCUT2D eigenvalue weighted by atomic mass is 16.4. The Kier molecular flexibility index (Phi) is 3.15. The van der Waals surface area contributed by atoms with Crippen molar-refractivity contribution in [2.24, 2.45) is 34.0 Å². The number of aliphatic hydroxyl groups is 1. The highest BCUT2D eigenvalue weighted by Crippen LogP contribution is 2.72. The van der Waals surface area contributed by atoms with Crippen molar-refractivity contribution in [1.82, 2.24) is 0 Å². The van der Waals surface area contributed by atoms with Crippen molar-refractivity contribution in [3.05, 3.63) is 12.2 Å². The Morgan fingerprint density at radius 1 is 1.13 bits per heavy atom. The number of carbonyl (C=O) groups is 1. The van der Waals surface area contributed by atoms with E-state index in [1.807, 2.05) is 6.92 Å². The fourth-order valence-electron chi connectivity index (χ4n) is 7.52. The monoisotopic (exact) mass is 318 g/mol. The van der Waals surface area contributed by atoms with Crippen LogP contribution in [0.4, 0.5) is 0 Å². The molecule has 7 atom stereocenters. The van der Waals surface area contributed by atoms with Crippen LogP contribution in [0.15, 0.2) is 12.2 Å². The van der Waals surface area contributed by atoms with Crippen LogP contribution in [-0.2, 0) is 4.79 Å². The Hall–Kier alpha value is -0.830. The molecule has 0 aliphatic heterocycles. The average Bonchev–Trinajstić information content (AvgIpc) is 2.73. The molecule has 0 amide bonds. The SMILES string of the molecule is C=C1C[C@@]23CC[C@H]4[C@@](C)([C@H](O)CC[C@@]4(C)C(=O)O)[C@@H]2CC[C@@H]1C3. The molecule has 2 N–H and O–H groups in total. The van der Waals surface area contributed by atoms with Crippen molar-refractivity contribution in [2.75, 3.05) is 0 Å². The Morgan fingerprint density at radius 3 is 2.57 bits per heavy atom. The molecule has 4 rings (SSSR count). The summed E-state index contributed by atoms with van der Waals surface area (Å²) >= 11 is 0. The summed E-state index contributed by atoms with van der Waals surface area (Å²) in [5.74, 6) is 0.564. The number of aliphatic carboxylic acids is 1. The first-order chi connectivity index (χ1) is 10.7. The lowest BCUT2D eigenvalue weighted by Crippen LogP contribution is -2.63. The first-order valence-corrected chi connectivity index (χ1v) is 9.33. The van der Waals surface area contributed by atoms with Crippen LogP contribution in [0.5, 0.6) is 0 Å². The molecule has 0 saturated heterocycles. The lowest BCUT2D eigenvalue weighted by Gasteiger charge is -2.64. The van der Waals surface area contributed by atoms with Gasteiger partial charge in [0.05, 0.1) is 11.5 Å². The van der Waals surface area contributed by atoms with Gasteiger partial charge in [-0.15, -0.1) is 0 Å². The van der Waals surface area contributed by atoms with E-state index in [9.17, 15) is 15.0 Å². The molecule has 3 nitrogen and oxygen atoms in total. The predicted octanol–water partition coefficient (Wildman–Crippen LogP) is 4.01. The van der Waals surface area contributed by atoms with E-state index in [0.717, 1.165) is 25.7 Å². The maximum atomic E-state index is 12.1. The van der Waals surface area contributed by atoms with Gasteiger partial charge in [-0.2, -0.15) is 0 Å². The summed E-state index contributed by atoms with van der Waals surface area (Å²) in [5, 5.41) is 20.9. The van der Waals surface area contributed by atoms with Gasteiger partial charge in [-0.1, -0.05) is 19.1 Å². The highest BCUT2D eigenvalue weighted by Gasteiger charge is 2.67. The second-order valence-corrected chi connectivity index (χ2v) is 9.46. The third kappa shape index (κ3) is 1.78. The van der Waals surface area contributed by atoms with Gasteiger partial charge in [-0.05, 0) is 81.5 Å². The second-order valence-electron chi connectivity index (χ2n) is 9.46. The molecule has 3 heteroatoms. The van der Waals surface area contributed by atoms with Gasteiger partial charge >= 0.3 is 5.97 Å². The zero-order valence-electron chi connectivity index (χ0n) is 14.5. The molecular formula is C20H30O3. The quantitative estimate of drug-likeness (QED) is 0.718. The van der Waals surface area contributed by atoms with E-state index in [-0.39, 0.29) is 17.4 Å². The van der Waals surface area contributed by atoms with Gasteiger partial charge in [-0.3, -0.25) is 4.79 Å². The highest BCUT2D eigenvalue weighted by molar-refractivity contribution is 5.75. The molecule has 4 aliphatic rings. The van der Waals surface area contributed by atoms with E-state index in [2.05, 4.69) is 13.5 Å². The molecule has 4 aliphatic carbocycles. The number of carboxylic acids is 1. The van der Waals surface area contributed by atoms with Crippen LogP contribution in [0.1, 0.15) is 65.2 Å². The van der Waals surface area contributed by atoms with Crippen molar-refractivity contribution in [1.29, 1.82) is 0 Å². The van der Waals surface area contributed by atoms with E-state index in [1.165, 1.54) is 18.4 Å². The lowest BCUT2D eigenvalue weighted by atomic mass is 9.40. The molecule has 4 fully saturated rings. The Morgan fingerprint density at radius 2 is 1.87 bits per heavy atom. The molecular weight excluding hydrogens is 288 g/mol. The fourth-order valence-corrected chi connectivity index (χ4v) is 7.52. The number of hydrogen-bond donors (Lipinski definition) is 2. The van der Waals surface area contributed by atoms with E-state index in [1.54, 1.807) is 0 Å². The summed E-state index contributed by atoms with van der Waals surface area (Å²) in [6, 6.07) is 0. The molecule has 0 aromatic carbocycles. The average molecular weight is 318 g/mol. The zero-order valence-corrected chi connectivity index (χ0v) is 14.5. The predicted molar refractivity (Wildman–Crippen MR) is 88.8 cm³/mol. The van der Waals surface area contributed by atoms with E-state index in [0.29, 0.717) is 30.1 Å². The van der Waals surface area contributed by atoms with E-state index in [4.69, 9.17) is 0 Å². The molecule has 2 bridgehead atoms. The largest absolute Gasteiger partial charge is 0.481 e. The van der Waals surface area contributed by atoms with Crippen LogP contribution >= 0.6 is 0 Å². The summed E-state index contributed by atoms with van der Waals surface area (Å²) < 4.78 is 0. The summed E-state index contributed by atoms with van der Waals surface area (Å²) in [4.78, 5) is 12.1. The van der Waals surface area contributed by atoms with E-state index >= 15 is 0 Å².